The Bertz CT molecular complexity index is 575. The molecule has 0 N–H and O–H groups in total. The highest BCUT2D eigenvalue weighted by Crippen LogP contribution is 2.34. The summed E-state index contributed by atoms with van der Waals surface area (Å²) in [4.78, 5) is 0. The summed E-state index contributed by atoms with van der Waals surface area (Å²) in [7, 11) is 0. The Balaban J connectivity index is 2.36. The predicted molar refractivity (Wildman–Crippen MR) is 70.5 cm³/mol. The maximum Gasteiger partial charge on any atom is 0.162 e. The first-order valence-corrected chi connectivity index (χ1v) is 6.58. The first-order valence-electron chi connectivity index (χ1n) is 5.08. The number of ether oxygens (including phenoxy) is 1. The van der Waals surface area contributed by atoms with E-state index in [0.29, 0.717) is 16.1 Å². The van der Waals surface area contributed by atoms with Gasteiger partial charge >= 0.3 is 0 Å². The second kappa shape index (κ2) is 5.67. The molecule has 2 aromatic carbocycles. The number of hydrogen-bond donors (Lipinski definition) is 0. The lowest BCUT2D eigenvalue weighted by Gasteiger charge is -2.11. The molecule has 0 atom stereocenters. The van der Waals surface area contributed by atoms with Gasteiger partial charge in [0.25, 0.3) is 0 Å². The Morgan fingerprint density at radius 3 is 2.56 bits per heavy atom. The van der Waals surface area contributed by atoms with Crippen molar-refractivity contribution >= 4 is 27.5 Å². The maximum atomic E-state index is 13.1. The average molecular weight is 334 g/mol. The van der Waals surface area contributed by atoms with Crippen molar-refractivity contribution in [1.29, 1.82) is 0 Å². The molecule has 0 spiro atoms. The van der Waals surface area contributed by atoms with E-state index in [1.165, 1.54) is 6.07 Å². The fraction of sp³-hybridized carbons (Fsp3) is 0.0769. The van der Waals surface area contributed by atoms with Crippen molar-refractivity contribution in [3.63, 3.8) is 0 Å². The molecule has 0 aliphatic carbocycles. The van der Waals surface area contributed by atoms with Gasteiger partial charge < -0.3 is 4.74 Å². The Morgan fingerprint density at radius 2 is 1.89 bits per heavy atom. The summed E-state index contributed by atoms with van der Waals surface area (Å²) in [5.74, 6) is -1.24. The Morgan fingerprint density at radius 1 is 1.11 bits per heavy atom. The van der Waals surface area contributed by atoms with Gasteiger partial charge in [-0.25, -0.2) is 8.78 Å². The van der Waals surface area contributed by atoms with Crippen LogP contribution in [0, 0.1) is 11.6 Å². The van der Waals surface area contributed by atoms with Crippen LogP contribution in [0.25, 0.3) is 0 Å². The van der Waals surface area contributed by atoms with Crippen LogP contribution in [-0.4, -0.2) is 0 Å². The molecule has 2 rings (SSSR count). The third-order valence-electron chi connectivity index (χ3n) is 2.30. The van der Waals surface area contributed by atoms with Gasteiger partial charge in [-0.05, 0) is 18.2 Å². The van der Waals surface area contributed by atoms with Gasteiger partial charge in [0.05, 0.1) is 5.02 Å². The fourth-order valence-corrected chi connectivity index (χ4v) is 2.11. The lowest BCUT2D eigenvalue weighted by atomic mass is 10.2. The monoisotopic (exact) mass is 332 g/mol. The summed E-state index contributed by atoms with van der Waals surface area (Å²) in [6.07, 6.45) is 0. The van der Waals surface area contributed by atoms with Crippen molar-refractivity contribution in [2.24, 2.45) is 0 Å². The normalized spacial score (nSPS) is 10.4. The Kier molecular flexibility index (Phi) is 4.19. The highest BCUT2D eigenvalue weighted by Gasteiger charge is 2.10. The van der Waals surface area contributed by atoms with Crippen molar-refractivity contribution in [3.05, 3.63) is 58.6 Å². The summed E-state index contributed by atoms with van der Waals surface area (Å²) in [6.45, 7) is 0. The van der Waals surface area contributed by atoms with Gasteiger partial charge in [0.1, 0.15) is 11.5 Å². The number of alkyl halides is 1. The number of hydrogen-bond acceptors (Lipinski definition) is 1. The van der Waals surface area contributed by atoms with Gasteiger partial charge in [0.15, 0.2) is 11.6 Å². The molecular weight excluding hydrogens is 325 g/mol. The Labute approximate surface area is 116 Å². The molecule has 94 valence electrons. The first-order chi connectivity index (χ1) is 8.61. The first kappa shape index (κ1) is 13.3. The van der Waals surface area contributed by atoms with E-state index in [0.717, 1.165) is 17.7 Å². The smallest absolute Gasteiger partial charge is 0.162 e. The van der Waals surface area contributed by atoms with E-state index in [1.807, 2.05) is 6.07 Å². The van der Waals surface area contributed by atoms with Crippen LogP contribution in [0.1, 0.15) is 5.56 Å². The van der Waals surface area contributed by atoms with Crippen LogP contribution in [0.15, 0.2) is 36.4 Å². The third-order valence-corrected chi connectivity index (χ3v) is 3.21. The lowest BCUT2D eigenvalue weighted by molar-refractivity contribution is 0.459. The van der Waals surface area contributed by atoms with Gasteiger partial charge in [-0.15, -0.1) is 0 Å². The van der Waals surface area contributed by atoms with Gasteiger partial charge in [-0.1, -0.05) is 39.7 Å². The quantitative estimate of drug-likeness (QED) is 0.692. The van der Waals surface area contributed by atoms with Crippen LogP contribution in [0.5, 0.6) is 11.5 Å². The van der Waals surface area contributed by atoms with Gasteiger partial charge in [-0.2, -0.15) is 0 Å². The third kappa shape index (κ3) is 2.82. The van der Waals surface area contributed by atoms with Crippen molar-refractivity contribution in [1.82, 2.24) is 0 Å². The van der Waals surface area contributed by atoms with Crippen LogP contribution in [0.2, 0.25) is 5.02 Å². The predicted octanol–water partition coefficient (Wildman–Crippen LogP) is 5.31. The van der Waals surface area contributed by atoms with E-state index in [2.05, 4.69) is 15.9 Å². The molecule has 0 amide bonds. The summed E-state index contributed by atoms with van der Waals surface area (Å²) >= 11 is 9.32. The molecule has 0 saturated heterocycles. The summed E-state index contributed by atoms with van der Waals surface area (Å²) in [6, 6.07) is 8.63. The lowest BCUT2D eigenvalue weighted by Crippen LogP contribution is -1.92. The molecule has 0 heterocycles. The molecule has 5 heteroatoms. The molecule has 0 fully saturated rings. The molecule has 0 radical (unpaired) electrons. The van der Waals surface area contributed by atoms with Crippen LogP contribution in [0.3, 0.4) is 0 Å². The summed E-state index contributed by atoms with van der Waals surface area (Å²) < 4.78 is 31.4. The summed E-state index contributed by atoms with van der Waals surface area (Å²) in [5.41, 5.74) is 0.826. The maximum absolute atomic E-state index is 13.1. The molecule has 0 aromatic heterocycles. The van der Waals surface area contributed by atoms with Gasteiger partial charge in [0, 0.05) is 17.0 Å². The molecule has 2 aromatic rings. The molecule has 18 heavy (non-hydrogen) atoms. The van der Waals surface area contributed by atoms with Crippen molar-refractivity contribution in [3.8, 4) is 11.5 Å². The Hall–Kier alpha value is -1.13. The minimum Gasteiger partial charge on any atom is -0.455 e. The minimum atomic E-state index is -0.958. The topological polar surface area (TPSA) is 9.23 Å². The minimum absolute atomic E-state index is 0.198. The zero-order valence-corrected chi connectivity index (χ0v) is 11.4. The van der Waals surface area contributed by atoms with E-state index >= 15 is 0 Å². The molecule has 0 bridgehead atoms. The molecule has 0 aliphatic rings. The number of rotatable bonds is 3. The molecule has 0 aliphatic heterocycles. The van der Waals surface area contributed by atoms with Crippen molar-refractivity contribution in [2.75, 3.05) is 0 Å². The molecule has 1 nitrogen and oxygen atoms in total. The largest absolute Gasteiger partial charge is 0.455 e. The van der Waals surface area contributed by atoms with Gasteiger partial charge in [-0.3, -0.25) is 0 Å². The standard InChI is InChI=1S/C13H8BrClF2O/c14-7-8-2-1-3-10(15)13(8)18-9-4-5-11(16)12(17)6-9/h1-6H,7H2. The van der Waals surface area contributed by atoms with Crippen molar-refractivity contribution in [2.45, 2.75) is 5.33 Å². The SMILES string of the molecule is Fc1ccc(Oc2c(Cl)cccc2CBr)cc1F. The second-order valence-corrected chi connectivity index (χ2v) is 4.51. The zero-order valence-electron chi connectivity index (χ0n) is 9.09. The highest BCUT2D eigenvalue weighted by atomic mass is 79.9. The van der Waals surface area contributed by atoms with E-state index in [-0.39, 0.29) is 5.75 Å². The highest BCUT2D eigenvalue weighted by molar-refractivity contribution is 9.08. The van der Waals surface area contributed by atoms with Crippen molar-refractivity contribution < 1.29 is 13.5 Å². The number of halogens is 4. The van der Waals surface area contributed by atoms with Crippen LogP contribution < -0.4 is 4.74 Å². The van der Waals surface area contributed by atoms with E-state index in [1.54, 1.807) is 12.1 Å². The molecule has 0 saturated carbocycles. The van der Waals surface area contributed by atoms with Gasteiger partial charge in [0.2, 0.25) is 0 Å². The average Bonchev–Trinajstić information content (AvgIpc) is 2.36. The van der Waals surface area contributed by atoms with E-state index in [9.17, 15) is 8.78 Å². The second-order valence-electron chi connectivity index (χ2n) is 3.54. The van der Waals surface area contributed by atoms with Crippen LogP contribution in [-0.2, 0) is 5.33 Å². The molecule has 0 unspecified atom stereocenters. The fourth-order valence-electron chi connectivity index (χ4n) is 1.43. The van der Waals surface area contributed by atoms with Crippen LogP contribution in [0.4, 0.5) is 8.78 Å². The summed E-state index contributed by atoms with van der Waals surface area (Å²) in [5, 5.41) is 0.962. The zero-order chi connectivity index (χ0) is 13.1. The van der Waals surface area contributed by atoms with E-state index < -0.39 is 11.6 Å². The number of para-hydroxylation sites is 1. The molecular formula is C13H8BrClF2O. The van der Waals surface area contributed by atoms with E-state index in [4.69, 9.17) is 16.3 Å². The number of benzene rings is 2. The van der Waals surface area contributed by atoms with Crippen LogP contribution >= 0.6 is 27.5 Å².